The lowest BCUT2D eigenvalue weighted by Gasteiger charge is -2.13. The van der Waals surface area contributed by atoms with Crippen LogP contribution in [0.4, 0.5) is 0 Å². The van der Waals surface area contributed by atoms with Gasteiger partial charge in [-0.1, -0.05) is 0 Å². The maximum Gasteiger partial charge on any atom is 0.307 e. The van der Waals surface area contributed by atoms with Crippen molar-refractivity contribution in [2.45, 2.75) is 52.2 Å². The van der Waals surface area contributed by atoms with Crippen molar-refractivity contribution in [2.24, 2.45) is 4.99 Å². The van der Waals surface area contributed by atoms with Crippen LogP contribution < -0.4 is 10.6 Å². The maximum atomic E-state index is 11.4. The second-order valence-corrected chi connectivity index (χ2v) is 5.07. The molecule has 7 heteroatoms. The summed E-state index contributed by atoms with van der Waals surface area (Å²) in [5.41, 5.74) is 0. The molecule has 0 aromatic carbocycles. The van der Waals surface area contributed by atoms with Gasteiger partial charge >= 0.3 is 5.97 Å². The first kappa shape index (κ1) is 20.4. The highest BCUT2D eigenvalue weighted by molar-refractivity contribution is 14.0. The van der Waals surface area contributed by atoms with Crippen molar-refractivity contribution in [1.29, 1.82) is 0 Å². The Balaban J connectivity index is 0.00000400. The Kier molecular flexibility index (Phi) is 11.7. The van der Waals surface area contributed by atoms with Crippen LogP contribution in [0.3, 0.4) is 0 Å². The molecule has 1 aliphatic heterocycles. The molecule has 6 nitrogen and oxygen atoms in total. The van der Waals surface area contributed by atoms with Gasteiger partial charge in [-0.05, 0) is 33.6 Å². The summed E-state index contributed by atoms with van der Waals surface area (Å²) in [5, 5.41) is 6.28. The first-order valence-corrected chi connectivity index (χ1v) is 7.45. The molecule has 1 fully saturated rings. The molecule has 0 aliphatic carbocycles. The molecule has 1 atom stereocenters. The molecule has 0 amide bonds. The third-order valence-electron chi connectivity index (χ3n) is 2.81. The van der Waals surface area contributed by atoms with Crippen LogP contribution in [0.5, 0.6) is 0 Å². The van der Waals surface area contributed by atoms with Crippen molar-refractivity contribution in [1.82, 2.24) is 10.6 Å². The molecule has 1 unspecified atom stereocenters. The lowest BCUT2D eigenvalue weighted by atomic mass is 10.2. The van der Waals surface area contributed by atoms with E-state index < -0.39 is 0 Å². The number of hydrogen-bond acceptors (Lipinski definition) is 4. The number of nitrogens with zero attached hydrogens (tertiary/aromatic N) is 1. The summed E-state index contributed by atoms with van der Waals surface area (Å²) in [6.45, 7) is 8.50. The zero-order valence-electron chi connectivity index (χ0n) is 13.2. The van der Waals surface area contributed by atoms with Gasteiger partial charge in [0.25, 0.3) is 0 Å². The fraction of sp³-hybridized carbons (Fsp3) is 0.857. The van der Waals surface area contributed by atoms with E-state index in [1.807, 2.05) is 20.8 Å². The van der Waals surface area contributed by atoms with Crippen LogP contribution >= 0.6 is 24.0 Å². The van der Waals surface area contributed by atoms with Crippen LogP contribution in [0, 0.1) is 0 Å². The zero-order valence-corrected chi connectivity index (χ0v) is 15.5. The number of hydrogen-bond donors (Lipinski definition) is 2. The average Bonchev–Trinajstić information content (AvgIpc) is 2.88. The summed E-state index contributed by atoms with van der Waals surface area (Å²) in [7, 11) is 0. The fourth-order valence-corrected chi connectivity index (χ4v) is 1.93. The van der Waals surface area contributed by atoms with E-state index >= 15 is 0 Å². The van der Waals surface area contributed by atoms with Gasteiger partial charge in [0.2, 0.25) is 0 Å². The van der Waals surface area contributed by atoms with E-state index in [1.54, 1.807) is 0 Å². The minimum atomic E-state index is -0.192. The Morgan fingerprint density at radius 2 is 2.19 bits per heavy atom. The summed E-state index contributed by atoms with van der Waals surface area (Å²) < 4.78 is 10.6. The number of carbonyl (C=O) groups excluding carboxylic acids is 1. The van der Waals surface area contributed by atoms with Crippen LogP contribution in [-0.4, -0.2) is 50.4 Å². The number of aliphatic imine (C=N–C) groups is 1. The molecule has 0 saturated carbocycles. The van der Waals surface area contributed by atoms with E-state index in [1.165, 1.54) is 0 Å². The Morgan fingerprint density at radius 1 is 1.43 bits per heavy atom. The molecule has 1 saturated heterocycles. The molecule has 1 rings (SSSR count). The van der Waals surface area contributed by atoms with Gasteiger partial charge in [0.15, 0.2) is 5.96 Å². The van der Waals surface area contributed by atoms with Gasteiger partial charge in [-0.25, -0.2) is 0 Å². The second-order valence-electron chi connectivity index (χ2n) is 5.07. The summed E-state index contributed by atoms with van der Waals surface area (Å²) in [5.74, 6) is 0.530. The molecule has 0 radical (unpaired) electrons. The van der Waals surface area contributed by atoms with Gasteiger partial charge in [0.05, 0.1) is 25.2 Å². The largest absolute Gasteiger partial charge is 0.463 e. The lowest BCUT2D eigenvalue weighted by molar-refractivity contribution is -0.147. The minimum Gasteiger partial charge on any atom is -0.463 e. The third-order valence-corrected chi connectivity index (χ3v) is 2.81. The Bertz CT molecular complexity index is 319. The molecule has 2 N–H and O–H groups in total. The molecule has 21 heavy (non-hydrogen) atoms. The second kappa shape index (κ2) is 12.0. The van der Waals surface area contributed by atoms with Crippen molar-refractivity contribution in [2.75, 3.05) is 26.2 Å². The van der Waals surface area contributed by atoms with Gasteiger partial charge < -0.3 is 20.1 Å². The Labute approximate surface area is 144 Å². The van der Waals surface area contributed by atoms with E-state index in [-0.39, 0.29) is 42.2 Å². The molecular weight excluding hydrogens is 385 g/mol. The highest BCUT2D eigenvalue weighted by atomic mass is 127. The van der Waals surface area contributed by atoms with Crippen molar-refractivity contribution < 1.29 is 14.3 Å². The number of rotatable bonds is 7. The monoisotopic (exact) mass is 413 g/mol. The highest BCUT2D eigenvalue weighted by Crippen LogP contribution is 2.11. The highest BCUT2D eigenvalue weighted by Gasteiger charge is 2.14. The number of ether oxygens (including phenoxy) is 2. The number of halogens is 1. The van der Waals surface area contributed by atoms with Gasteiger partial charge in [0, 0.05) is 19.7 Å². The van der Waals surface area contributed by atoms with Crippen LogP contribution in [0.2, 0.25) is 0 Å². The molecule has 0 bridgehead atoms. The van der Waals surface area contributed by atoms with Gasteiger partial charge in [-0.15, -0.1) is 24.0 Å². The molecule has 1 heterocycles. The first-order valence-electron chi connectivity index (χ1n) is 7.45. The SMILES string of the molecule is CCNC(=NCC1CCCO1)NCCC(=O)OC(C)C.I. The number of esters is 1. The lowest BCUT2D eigenvalue weighted by Crippen LogP contribution is -2.39. The quantitative estimate of drug-likeness (QED) is 0.288. The molecule has 0 aromatic heterocycles. The van der Waals surface area contributed by atoms with E-state index in [9.17, 15) is 4.79 Å². The number of nitrogens with one attached hydrogen (secondary N) is 2. The van der Waals surface area contributed by atoms with E-state index in [0.717, 1.165) is 32.0 Å². The van der Waals surface area contributed by atoms with Crippen molar-refractivity contribution in [3.8, 4) is 0 Å². The summed E-state index contributed by atoms with van der Waals surface area (Å²) in [6, 6.07) is 0. The predicted octanol–water partition coefficient (Wildman–Crippen LogP) is 1.68. The standard InChI is InChI=1S/C14H27N3O3.HI/c1-4-15-14(17-10-12-6-5-9-19-12)16-8-7-13(18)20-11(2)3;/h11-12H,4-10H2,1-3H3,(H2,15,16,17);1H. The minimum absolute atomic E-state index is 0. The molecule has 0 aromatic rings. The summed E-state index contributed by atoms with van der Waals surface area (Å²) in [6.07, 6.45) is 2.69. The molecule has 0 spiro atoms. The van der Waals surface area contributed by atoms with E-state index in [2.05, 4.69) is 15.6 Å². The fourth-order valence-electron chi connectivity index (χ4n) is 1.93. The number of carbonyl (C=O) groups is 1. The normalized spacial score (nSPS) is 18.3. The number of guanidine groups is 1. The maximum absolute atomic E-state index is 11.4. The van der Waals surface area contributed by atoms with Crippen molar-refractivity contribution in [3.05, 3.63) is 0 Å². The van der Waals surface area contributed by atoms with Crippen molar-refractivity contribution >= 4 is 35.9 Å². The molecular formula is C14H28IN3O3. The third kappa shape index (κ3) is 9.89. The summed E-state index contributed by atoms with van der Waals surface area (Å²) >= 11 is 0. The Morgan fingerprint density at radius 3 is 2.76 bits per heavy atom. The van der Waals surface area contributed by atoms with Crippen LogP contribution in [0.1, 0.15) is 40.0 Å². The van der Waals surface area contributed by atoms with Crippen LogP contribution in [-0.2, 0) is 14.3 Å². The van der Waals surface area contributed by atoms with E-state index in [4.69, 9.17) is 9.47 Å². The van der Waals surface area contributed by atoms with Crippen molar-refractivity contribution in [3.63, 3.8) is 0 Å². The van der Waals surface area contributed by atoms with Crippen LogP contribution in [0.15, 0.2) is 4.99 Å². The van der Waals surface area contributed by atoms with Gasteiger partial charge in [-0.3, -0.25) is 9.79 Å². The summed E-state index contributed by atoms with van der Waals surface area (Å²) in [4.78, 5) is 15.9. The molecule has 124 valence electrons. The predicted molar refractivity (Wildman–Crippen MR) is 94.2 cm³/mol. The smallest absolute Gasteiger partial charge is 0.307 e. The topological polar surface area (TPSA) is 72.0 Å². The first-order chi connectivity index (χ1) is 9.61. The van der Waals surface area contributed by atoms with E-state index in [0.29, 0.717) is 19.5 Å². The average molecular weight is 413 g/mol. The zero-order chi connectivity index (χ0) is 14.8. The Hall–Kier alpha value is -0.570. The van der Waals surface area contributed by atoms with Crippen LogP contribution in [0.25, 0.3) is 0 Å². The van der Waals surface area contributed by atoms with Gasteiger partial charge in [0.1, 0.15) is 0 Å². The molecule has 1 aliphatic rings. The van der Waals surface area contributed by atoms with Gasteiger partial charge in [-0.2, -0.15) is 0 Å².